The molecule has 1 aromatic rings. The highest BCUT2D eigenvalue weighted by Crippen LogP contribution is 2.33. The Morgan fingerprint density at radius 2 is 1.93 bits per heavy atom. The molecule has 0 radical (unpaired) electrons. The van der Waals surface area contributed by atoms with Crippen molar-refractivity contribution < 1.29 is 18.0 Å². The van der Waals surface area contributed by atoms with Crippen LogP contribution >= 0.6 is 22.6 Å². The Morgan fingerprint density at radius 3 is 2.29 bits per heavy atom. The Hall–Kier alpha value is -0.590. The third kappa shape index (κ3) is 2.26. The van der Waals surface area contributed by atoms with Gasteiger partial charge in [-0.15, -0.1) is 0 Å². The van der Waals surface area contributed by atoms with Crippen molar-refractivity contribution >= 4 is 28.4 Å². The SMILES string of the molecule is CC(=O)c1c(I)cccc1C(F)(F)F. The lowest BCUT2D eigenvalue weighted by atomic mass is 10.0. The van der Waals surface area contributed by atoms with Gasteiger partial charge in [0.15, 0.2) is 5.78 Å². The average molecular weight is 314 g/mol. The second-order valence-electron chi connectivity index (χ2n) is 2.72. The molecule has 0 aliphatic carbocycles. The number of hydrogen-bond acceptors (Lipinski definition) is 1. The first kappa shape index (κ1) is 11.5. The van der Waals surface area contributed by atoms with Crippen molar-refractivity contribution in [1.29, 1.82) is 0 Å². The van der Waals surface area contributed by atoms with Crippen LogP contribution in [-0.4, -0.2) is 5.78 Å². The monoisotopic (exact) mass is 314 g/mol. The van der Waals surface area contributed by atoms with E-state index in [2.05, 4.69) is 0 Å². The van der Waals surface area contributed by atoms with E-state index in [-0.39, 0.29) is 5.56 Å². The predicted molar refractivity (Wildman–Crippen MR) is 54.2 cm³/mol. The van der Waals surface area contributed by atoms with Crippen LogP contribution in [0, 0.1) is 3.57 Å². The molecule has 0 atom stereocenters. The second-order valence-corrected chi connectivity index (χ2v) is 3.88. The van der Waals surface area contributed by atoms with E-state index in [0.29, 0.717) is 3.57 Å². The lowest BCUT2D eigenvalue weighted by molar-refractivity contribution is -0.137. The van der Waals surface area contributed by atoms with Crippen LogP contribution in [0.3, 0.4) is 0 Å². The zero-order valence-electron chi connectivity index (χ0n) is 7.15. The minimum atomic E-state index is -4.47. The number of hydrogen-bond donors (Lipinski definition) is 0. The zero-order valence-corrected chi connectivity index (χ0v) is 9.31. The maximum absolute atomic E-state index is 12.4. The molecular formula is C9H6F3IO. The van der Waals surface area contributed by atoms with Gasteiger partial charge in [-0.3, -0.25) is 4.79 Å². The first-order chi connectivity index (χ1) is 6.34. The molecule has 1 rings (SSSR count). The Bertz CT molecular complexity index is 371. The molecule has 0 fully saturated rings. The molecule has 1 aromatic carbocycles. The third-order valence-electron chi connectivity index (χ3n) is 1.67. The van der Waals surface area contributed by atoms with E-state index in [0.717, 1.165) is 13.0 Å². The molecule has 0 aliphatic heterocycles. The van der Waals surface area contributed by atoms with Gasteiger partial charge >= 0.3 is 6.18 Å². The molecule has 5 heteroatoms. The summed E-state index contributed by atoms with van der Waals surface area (Å²) >= 11 is 1.72. The Labute approximate surface area is 92.4 Å². The van der Waals surface area contributed by atoms with Gasteiger partial charge in [0.05, 0.1) is 5.56 Å². The Balaban J connectivity index is 3.44. The van der Waals surface area contributed by atoms with Gasteiger partial charge in [0.25, 0.3) is 0 Å². The van der Waals surface area contributed by atoms with Gasteiger partial charge < -0.3 is 0 Å². The summed E-state index contributed by atoms with van der Waals surface area (Å²) < 4.78 is 37.6. The van der Waals surface area contributed by atoms with E-state index in [4.69, 9.17) is 0 Å². The van der Waals surface area contributed by atoms with Crippen LogP contribution in [0.5, 0.6) is 0 Å². The van der Waals surface area contributed by atoms with Gasteiger partial charge in [-0.05, 0) is 41.6 Å². The summed E-state index contributed by atoms with van der Waals surface area (Å²) in [7, 11) is 0. The summed E-state index contributed by atoms with van der Waals surface area (Å²) in [5.41, 5.74) is -1.11. The van der Waals surface area contributed by atoms with Crippen LogP contribution in [0.2, 0.25) is 0 Å². The van der Waals surface area contributed by atoms with Gasteiger partial charge in [0.2, 0.25) is 0 Å². The lowest BCUT2D eigenvalue weighted by Gasteiger charge is -2.11. The number of Topliss-reactive ketones (excluding diaryl/α,β-unsaturated/α-hetero) is 1. The van der Waals surface area contributed by atoms with E-state index in [1.165, 1.54) is 12.1 Å². The van der Waals surface area contributed by atoms with Crippen LogP contribution in [0.15, 0.2) is 18.2 Å². The molecule has 0 N–H and O–H groups in total. The highest BCUT2D eigenvalue weighted by molar-refractivity contribution is 14.1. The second kappa shape index (κ2) is 3.88. The number of ketones is 1. The first-order valence-corrected chi connectivity index (χ1v) is 4.78. The Kier molecular flexibility index (Phi) is 3.18. The van der Waals surface area contributed by atoms with Crippen LogP contribution in [0.4, 0.5) is 13.2 Å². The van der Waals surface area contributed by atoms with Gasteiger partial charge in [-0.2, -0.15) is 13.2 Å². The van der Waals surface area contributed by atoms with Gasteiger partial charge in [0, 0.05) is 9.13 Å². The highest BCUT2D eigenvalue weighted by atomic mass is 127. The summed E-state index contributed by atoms with van der Waals surface area (Å²) in [5, 5.41) is 0. The maximum Gasteiger partial charge on any atom is 0.417 e. The molecule has 0 unspecified atom stereocenters. The summed E-state index contributed by atoms with van der Waals surface area (Å²) in [6, 6.07) is 3.68. The number of carbonyl (C=O) groups is 1. The number of alkyl halides is 3. The van der Waals surface area contributed by atoms with Gasteiger partial charge in [-0.25, -0.2) is 0 Å². The van der Waals surface area contributed by atoms with E-state index in [9.17, 15) is 18.0 Å². The zero-order chi connectivity index (χ0) is 10.9. The molecule has 0 bridgehead atoms. The quantitative estimate of drug-likeness (QED) is 0.573. The molecule has 0 amide bonds. The van der Waals surface area contributed by atoms with Crippen molar-refractivity contribution in [1.82, 2.24) is 0 Å². The van der Waals surface area contributed by atoms with Crippen LogP contribution in [0.25, 0.3) is 0 Å². The molecule has 0 saturated heterocycles. The van der Waals surface area contributed by atoms with E-state index in [1.54, 1.807) is 22.6 Å². The van der Waals surface area contributed by atoms with E-state index < -0.39 is 17.5 Å². The third-order valence-corrected chi connectivity index (χ3v) is 2.57. The Morgan fingerprint density at radius 1 is 1.36 bits per heavy atom. The minimum Gasteiger partial charge on any atom is -0.294 e. The largest absolute Gasteiger partial charge is 0.417 e. The lowest BCUT2D eigenvalue weighted by Crippen LogP contribution is -2.12. The number of halogens is 4. The standard InChI is InChI=1S/C9H6F3IO/c1-5(14)8-6(9(10,11)12)3-2-4-7(8)13/h2-4H,1H3. The first-order valence-electron chi connectivity index (χ1n) is 3.70. The van der Waals surface area contributed by atoms with Crippen LogP contribution in [-0.2, 0) is 6.18 Å². The predicted octanol–water partition coefficient (Wildman–Crippen LogP) is 3.51. The molecule has 0 spiro atoms. The van der Waals surface area contributed by atoms with Crippen molar-refractivity contribution in [2.45, 2.75) is 13.1 Å². The summed E-state index contributed by atoms with van der Waals surface area (Å²) in [4.78, 5) is 11.0. The van der Waals surface area contributed by atoms with Gasteiger partial charge in [0.1, 0.15) is 0 Å². The summed E-state index contributed by atoms with van der Waals surface area (Å²) in [6.45, 7) is 1.13. The van der Waals surface area contributed by atoms with Crippen LogP contribution in [0.1, 0.15) is 22.8 Å². The fourth-order valence-corrected chi connectivity index (χ4v) is 2.00. The summed E-state index contributed by atoms with van der Waals surface area (Å²) in [6.07, 6.45) is -4.47. The van der Waals surface area contributed by atoms with E-state index in [1.807, 2.05) is 0 Å². The highest BCUT2D eigenvalue weighted by Gasteiger charge is 2.35. The minimum absolute atomic E-state index is 0.249. The smallest absolute Gasteiger partial charge is 0.294 e. The number of rotatable bonds is 1. The van der Waals surface area contributed by atoms with Crippen molar-refractivity contribution in [3.05, 3.63) is 32.9 Å². The van der Waals surface area contributed by atoms with Crippen molar-refractivity contribution in [2.75, 3.05) is 0 Å². The average Bonchev–Trinajstić information content (AvgIpc) is 2.01. The molecule has 14 heavy (non-hydrogen) atoms. The van der Waals surface area contributed by atoms with E-state index >= 15 is 0 Å². The summed E-state index contributed by atoms with van der Waals surface area (Å²) in [5.74, 6) is -0.567. The number of benzene rings is 1. The molecule has 0 saturated carbocycles. The topological polar surface area (TPSA) is 17.1 Å². The normalized spacial score (nSPS) is 11.5. The van der Waals surface area contributed by atoms with Crippen molar-refractivity contribution in [3.8, 4) is 0 Å². The van der Waals surface area contributed by atoms with Crippen LogP contribution < -0.4 is 0 Å². The molecule has 1 nitrogen and oxygen atoms in total. The molecule has 0 aromatic heterocycles. The fourth-order valence-electron chi connectivity index (χ4n) is 1.12. The molecule has 76 valence electrons. The fraction of sp³-hybridized carbons (Fsp3) is 0.222. The number of carbonyl (C=O) groups excluding carboxylic acids is 1. The molecule has 0 heterocycles. The molecule has 0 aliphatic rings. The van der Waals surface area contributed by atoms with Gasteiger partial charge in [-0.1, -0.05) is 6.07 Å². The van der Waals surface area contributed by atoms with Crippen molar-refractivity contribution in [3.63, 3.8) is 0 Å². The maximum atomic E-state index is 12.4. The molecular weight excluding hydrogens is 308 g/mol. The van der Waals surface area contributed by atoms with Crippen molar-refractivity contribution in [2.24, 2.45) is 0 Å².